The van der Waals surface area contributed by atoms with E-state index in [0.717, 1.165) is 0 Å². The Labute approximate surface area is 62.5 Å². The van der Waals surface area contributed by atoms with Gasteiger partial charge in [0.2, 0.25) is 6.29 Å². The lowest BCUT2D eigenvalue weighted by Gasteiger charge is -2.18. The van der Waals surface area contributed by atoms with Gasteiger partial charge in [-0.15, -0.1) is 0 Å². The zero-order valence-corrected chi connectivity index (χ0v) is 6.85. The lowest BCUT2D eigenvalue weighted by molar-refractivity contribution is 0.313. The van der Waals surface area contributed by atoms with Crippen LogP contribution < -0.4 is 0 Å². The Balaban J connectivity index is 3.67. The third-order valence-electron chi connectivity index (χ3n) is 1.57. The van der Waals surface area contributed by atoms with Gasteiger partial charge in [-0.1, -0.05) is 6.58 Å². The topological polar surface area (TPSA) is 20.3 Å². The largest absolute Gasteiger partial charge is 0.306 e. The Bertz CT molecular complexity index is 129. The van der Waals surface area contributed by atoms with E-state index in [2.05, 4.69) is 6.58 Å². The SMILES string of the molecule is C=C([C]=O)CC(C)N(C)C. The van der Waals surface area contributed by atoms with Crippen LogP contribution in [0.3, 0.4) is 0 Å². The summed E-state index contributed by atoms with van der Waals surface area (Å²) in [5.74, 6) is 0. The zero-order valence-electron chi connectivity index (χ0n) is 6.85. The van der Waals surface area contributed by atoms with E-state index in [0.29, 0.717) is 18.0 Å². The van der Waals surface area contributed by atoms with E-state index >= 15 is 0 Å². The Morgan fingerprint density at radius 1 is 1.70 bits per heavy atom. The number of carbonyl (C=O) groups excluding carboxylic acids is 1. The highest BCUT2D eigenvalue weighted by Crippen LogP contribution is 2.03. The summed E-state index contributed by atoms with van der Waals surface area (Å²) < 4.78 is 0. The van der Waals surface area contributed by atoms with E-state index in [-0.39, 0.29) is 0 Å². The van der Waals surface area contributed by atoms with Gasteiger partial charge in [0, 0.05) is 6.04 Å². The second-order valence-corrected chi connectivity index (χ2v) is 2.72. The quantitative estimate of drug-likeness (QED) is 0.543. The highest BCUT2D eigenvalue weighted by atomic mass is 16.1. The van der Waals surface area contributed by atoms with Crippen molar-refractivity contribution in [2.45, 2.75) is 19.4 Å². The molecule has 0 amide bonds. The molecule has 0 aromatic carbocycles. The maximum Gasteiger partial charge on any atom is 0.228 e. The molecule has 0 saturated heterocycles. The summed E-state index contributed by atoms with van der Waals surface area (Å²) >= 11 is 0. The van der Waals surface area contributed by atoms with Crippen LogP contribution in [-0.4, -0.2) is 31.3 Å². The lowest BCUT2D eigenvalue weighted by Crippen LogP contribution is -2.24. The van der Waals surface area contributed by atoms with Gasteiger partial charge in [0.25, 0.3) is 0 Å². The van der Waals surface area contributed by atoms with E-state index < -0.39 is 0 Å². The summed E-state index contributed by atoms with van der Waals surface area (Å²) in [6, 6.07) is 0.369. The van der Waals surface area contributed by atoms with Crippen molar-refractivity contribution in [2.24, 2.45) is 0 Å². The second kappa shape index (κ2) is 4.23. The highest BCUT2D eigenvalue weighted by molar-refractivity contribution is 5.72. The maximum atomic E-state index is 10.0. The summed E-state index contributed by atoms with van der Waals surface area (Å²) in [4.78, 5) is 12.1. The molecule has 1 radical (unpaired) electrons. The van der Waals surface area contributed by atoms with Crippen molar-refractivity contribution in [3.8, 4) is 0 Å². The first-order valence-electron chi connectivity index (χ1n) is 3.30. The van der Waals surface area contributed by atoms with Crippen LogP contribution >= 0.6 is 0 Å². The Morgan fingerprint density at radius 3 is 2.50 bits per heavy atom. The van der Waals surface area contributed by atoms with Crippen molar-refractivity contribution in [3.63, 3.8) is 0 Å². The average Bonchev–Trinajstić information content (AvgIpc) is 1.87. The van der Waals surface area contributed by atoms with Gasteiger partial charge >= 0.3 is 0 Å². The van der Waals surface area contributed by atoms with E-state index in [1.54, 1.807) is 6.29 Å². The van der Waals surface area contributed by atoms with Gasteiger partial charge in [-0.2, -0.15) is 0 Å². The molecule has 0 saturated carbocycles. The van der Waals surface area contributed by atoms with Crippen molar-refractivity contribution in [3.05, 3.63) is 12.2 Å². The van der Waals surface area contributed by atoms with Crippen LogP contribution in [0.25, 0.3) is 0 Å². The molecule has 0 bridgehead atoms. The third kappa shape index (κ3) is 3.41. The second-order valence-electron chi connectivity index (χ2n) is 2.72. The van der Waals surface area contributed by atoms with Gasteiger partial charge in [-0.3, -0.25) is 4.79 Å². The number of nitrogens with zero attached hydrogens (tertiary/aromatic N) is 1. The van der Waals surface area contributed by atoms with Crippen LogP contribution in [0.2, 0.25) is 0 Å². The predicted octanol–water partition coefficient (Wildman–Crippen LogP) is 0.992. The van der Waals surface area contributed by atoms with Crippen molar-refractivity contribution >= 4 is 6.29 Å². The Kier molecular flexibility index (Phi) is 3.96. The van der Waals surface area contributed by atoms with Crippen molar-refractivity contribution in [1.82, 2.24) is 4.90 Å². The summed E-state index contributed by atoms with van der Waals surface area (Å²) in [6.45, 7) is 5.59. The molecular formula is C8H14NO. The van der Waals surface area contributed by atoms with Crippen LogP contribution in [0.15, 0.2) is 12.2 Å². The van der Waals surface area contributed by atoms with Gasteiger partial charge in [-0.25, -0.2) is 0 Å². The molecule has 0 heterocycles. The molecule has 0 aliphatic carbocycles. The third-order valence-corrected chi connectivity index (χ3v) is 1.57. The van der Waals surface area contributed by atoms with Gasteiger partial charge in [0.15, 0.2) is 0 Å². The molecule has 2 nitrogen and oxygen atoms in total. The standard InChI is InChI=1S/C8H14NO/c1-7(6-10)5-8(2)9(3)4/h8H,1,5H2,2-4H3. The molecule has 0 spiro atoms. The zero-order chi connectivity index (χ0) is 8.15. The van der Waals surface area contributed by atoms with E-state index in [1.807, 2.05) is 25.9 Å². The van der Waals surface area contributed by atoms with Gasteiger partial charge in [0.1, 0.15) is 0 Å². The summed E-state index contributed by atoms with van der Waals surface area (Å²) in [5.41, 5.74) is 0.543. The molecule has 1 atom stereocenters. The first-order valence-corrected chi connectivity index (χ1v) is 3.30. The summed E-state index contributed by atoms with van der Waals surface area (Å²) in [5, 5.41) is 0. The van der Waals surface area contributed by atoms with Crippen LogP contribution in [0.1, 0.15) is 13.3 Å². The lowest BCUT2D eigenvalue weighted by atomic mass is 10.1. The first kappa shape index (κ1) is 9.37. The predicted molar refractivity (Wildman–Crippen MR) is 42.6 cm³/mol. The van der Waals surface area contributed by atoms with Crippen LogP contribution in [0.5, 0.6) is 0 Å². The van der Waals surface area contributed by atoms with Gasteiger partial charge in [0.05, 0.1) is 0 Å². The maximum absolute atomic E-state index is 10.0. The van der Waals surface area contributed by atoms with Crippen LogP contribution in [0.4, 0.5) is 0 Å². The van der Waals surface area contributed by atoms with E-state index in [1.165, 1.54) is 0 Å². The van der Waals surface area contributed by atoms with Crippen LogP contribution in [-0.2, 0) is 4.79 Å². The molecule has 0 aliphatic rings. The fraction of sp³-hybridized carbons (Fsp3) is 0.625. The van der Waals surface area contributed by atoms with Crippen molar-refractivity contribution in [2.75, 3.05) is 14.1 Å². The number of rotatable bonds is 4. The molecule has 1 unspecified atom stereocenters. The molecule has 0 aliphatic heterocycles. The normalized spacial score (nSPS) is 13.2. The minimum atomic E-state index is 0.369. The average molecular weight is 140 g/mol. The molecule has 0 aromatic heterocycles. The van der Waals surface area contributed by atoms with Gasteiger partial charge in [-0.05, 0) is 33.0 Å². The van der Waals surface area contributed by atoms with Crippen molar-refractivity contribution in [1.29, 1.82) is 0 Å². The highest BCUT2D eigenvalue weighted by Gasteiger charge is 2.05. The first-order chi connectivity index (χ1) is 4.57. The molecular weight excluding hydrogens is 126 g/mol. The minimum Gasteiger partial charge on any atom is -0.306 e. The molecule has 57 valence electrons. The Hall–Kier alpha value is -0.630. The fourth-order valence-corrected chi connectivity index (χ4v) is 0.581. The fourth-order valence-electron chi connectivity index (χ4n) is 0.581. The van der Waals surface area contributed by atoms with Crippen LogP contribution in [0, 0.1) is 0 Å². The molecule has 0 aromatic rings. The van der Waals surface area contributed by atoms with Crippen molar-refractivity contribution < 1.29 is 4.79 Å². The minimum absolute atomic E-state index is 0.369. The number of hydrogen-bond donors (Lipinski definition) is 0. The molecule has 2 heteroatoms. The Morgan fingerprint density at radius 2 is 2.20 bits per heavy atom. The molecule has 10 heavy (non-hydrogen) atoms. The monoisotopic (exact) mass is 140 g/mol. The molecule has 0 fully saturated rings. The molecule has 0 rings (SSSR count). The summed E-state index contributed by atoms with van der Waals surface area (Å²) in [7, 11) is 3.95. The van der Waals surface area contributed by atoms with E-state index in [9.17, 15) is 4.79 Å². The molecule has 0 N–H and O–H groups in total. The number of hydrogen-bond acceptors (Lipinski definition) is 2. The van der Waals surface area contributed by atoms with E-state index in [4.69, 9.17) is 0 Å². The summed E-state index contributed by atoms with van der Waals surface area (Å²) in [6.07, 6.45) is 2.48. The van der Waals surface area contributed by atoms with Gasteiger partial charge < -0.3 is 4.90 Å². The smallest absolute Gasteiger partial charge is 0.228 e.